The first-order chi connectivity index (χ1) is 6.95. The molecule has 0 saturated heterocycles. The summed E-state index contributed by atoms with van der Waals surface area (Å²) < 4.78 is 4.62. The van der Waals surface area contributed by atoms with Crippen molar-refractivity contribution in [3.63, 3.8) is 0 Å². The molecule has 88 valence electrons. The third-order valence-corrected chi connectivity index (χ3v) is 2.18. The molecule has 0 aromatic heterocycles. The zero-order valence-electron chi connectivity index (χ0n) is 8.34. The lowest BCUT2D eigenvalue weighted by molar-refractivity contribution is -0.143. The molecule has 0 amide bonds. The second-order valence-electron chi connectivity index (χ2n) is 2.87. The first-order valence-corrected chi connectivity index (χ1v) is 5.22. The summed E-state index contributed by atoms with van der Waals surface area (Å²) in [6.07, 6.45) is -0.111. The normalized spacial score (nSPS) is 14.4. The molecule has 0 rings (SSSR count). The molecule has 6 nitrogen and oxygen atoms in total. The van der Waals surface area contributed by atoms with E-state index in [9.17, 15) is 9.90 Å². The number of aliphatic hydroxyl groups is 3. The fourth-order valence-corrected chi connectivity index (χ4v) is 1.29. The van der Waals surface area contributed by atoms with Crippen molar-refractivity contribution in [3.8, 4) is 0 Å². The van der Waals surface area contributed by atoms with E-state index in [1.54, 1.807) is 0 Å². The first kappa shape index (κ1) is 14.4. The number of carbonyl (C=O) groups is 1. The van der Waals surface area contributed by atoms with E-state index < -0.39 is 23.4 Å². The summed E-state index contributed by atoms with van der Waals surface area (Å²) in [6.45, 7) is 0.727. The van der Waals surface area contributed by atoms with E-state index in [2.05, 4.69) is 4.74 Å². The monoisotopic (exact) mass is 237 g/mol. The standard InChI is InChI=1S/C8H15NO5S/c1-5(9)2-6(11)14-4-8(13)15-7(12)3-10/h7-10,12-13H,2-4H2,1H3. The number of ether oxygens (including phenoxy) is 1. The topological polar surface area (TPSA) is 111 Å². The van der Waals surface area contributed by atoms with Crippen LogP contribution in [0.15, 0.2) is 0 Å². The lowest BCUT2D eigenvalue weighted by atomic mass is 10.3. The fourth-order valence-electron chi connectivity index (χ4n) is 0.695. The van der Waals surface area contributed by atoms with Crippen LogP contribution in [0.3, 0.4) is 0 Å². The molecule has 2 unspecified atom stereocenters. The van der Waals surface area contributed by atoms with Crippen LogP contribution in [0.5, 0.6) is 0 Å². The molecule has 7 heteroatoms. The third-order valence-electron chi connectivity index (χ3n) is 1.27. The summed E-state index contributed by atoms with van der Waals surface area (Å²) in [5, 5.41) is 33.6. The molecule has 0 aliphatic carbocycles. The van der Waals surface area contributed by atoms with Crippen LogP contribution in [0.4, 0.5) is 0 Å². The van der Waals surface area contributed by atoms with E-state index in [-0.39, 0.29) is 18.7 Å². The molecule has 2 atom stereocenters. The van der Waals surface area contributed by atoms with Gasteiger partial charge in [0.05, 0.1) is 13.0 Å². The largest absolute Gasteiger partial charge is 0.462 e. The molecule has 15 heavy (non-hydrogen) atoms. The molecule has 0 bridgehead atoms. The Morgan fingerprint density at radius 2 is 2.07 bits per heavy atom. The third kappa shape index (κ3) is 8.37. The van der Waals surface area contributed by atoms with Crippen LogP contribution in [-0.2, 0) is 9.53 Å². The van der Waals surface area contributed by atoms with Gasteiger partial charge in [-0.05, 0) is 6.92 Å². The predicted molar refractivity (Wildman–Crippen MR) is 55.7 cm³/mol. The van der Waals surface area contributed by atoms with Crippen molar-refractivity contribution in [2.45, 2.75) is 24.2 Å². The molecule has 0 aliphatic heterocycles. The average molecular weight is 237 g/mol. The molecule has 0 spiro atoms. The van der Waals surface area contributed by atoms with Crippen molar-refractivity contribution in [3.05, 3.63) is 0 Å². The lowest BCUT2D eigenvalue weighted by Crippen LogP contribution is -2.21. The van der Waals surface area contributed by atoms with Crippen molar-refractivity contribution in [2.24, 2.45) is 0 Å². The minimum absolute atomic E-state index is 0.111. The van der Waals surface area contributed by atoms with Gasteiger partial charge in [0, 0.05) is 5.71 Å². The van der Waals surface area contributed by atoms with Crippen LogP contribution in [0.1, 0.15) is 13.3 Å². The van der Waals surface area contributed by atoms with Crippen molar-refractivity contribution in [2.75, 3.05) is 13.2 Å². The molecule has 4 N–H and O–H groups in total. The minimum Gasteiger partial charge on any atom is -0.462 e. The number of esters is 1. The van der Waals surface area contributed by atoms with E-state index in [1.165, 1.54) is 6.92 Å². The van der Waals surface area contributed by atoms with Gasteiger partial charge in [-0.3, -0.25) is 4.79 Å². The Balaban J connectivity index is 3.66. The highest BCUT2D eigenvalue weighted by atomic mass is 32.2. The van der Waals surface area contributed by atoms with E-state index in [1.807, 2.05) is 0 Å². The quantitative estimate of drug-likeness (QED) is 0.265. The van der Waals surface area contributed by atoms with Crippen LogP contribution in [0.25, 0.3) is 0 Å². The molecule has 0 fully saturated rings. The second-order valence-corrected chi connectivity index (χ2v) is 4.23. The summed E-state index contributed by atoms with van der Waals surface area (Å²) in [4.78, 5) is 10.9. The number of thioether (sulfide) groups is 1. The van der Waals surface area contributed by atoms with Gasteiger partial charge >= 0.3 is 5.97 Å². The fraction of sp³-hybridized carbons (Fsp3) is 0.750. The van der Waals surface area contributed by atoms with E-state index in [0.717, 1.165) is 0 Å². The number of nitrogens with one attached hydrogen (secondary N) is 1. The summed E-state index contributed by atoms with van der Waals surface area (Å²) >= 11 is 0.691. The minimum atomic E-state index is -1.09. The summed E-state index contributed by atoms with van der Waals surface area (Å²) in [5.74, 6) is -0.597. The van der Waals surface area contributed by atoms with Crippen LogP contribution < -0.4 is 0 Å². The number of hydrogen-bond acceptors (Lipinski definition) is 7. The van der Waals surface area contributed by atoms with Crippen LogP contribution >= 0.6 is 11.8 Å². The molecule has 0 aromatic carbocycles. The van der Waals surface area contributed by atoms with Gasteiger partial charge in [-0.25, -0.2) is 0 Å². The first-order valence-electron chi connectivity index (χ1n) is 4.27. The Bertz CT molecular complexity index is 223. The molecule has 0 aliphatic rings. The maximum atomic E-state index is 10.9. The van der Waals surface area contributed by atoms with Crippen LogP contribution in [-0.4, -0.2) is 51.1 Å². The molecular weight excluding hydrogens is 222 g/mol. The number of aliphatic hydroxyl groups excluding tert-OH is 3. The second kappa shape index (κ2) is 7.63. The summed E-state index contributed by atoms with van der Waals surface area (Å²) in [6, 6.07) is 0. The summed E-state index contributed by atoms with van der Waals surface area (Å²) in [7, 11) is 0. The van der Waals surface area contributed by atoms with Crippen molar-refractivity contribution in [1.82, 2.24) is 0 Å². The molecule has 0 saturated carbocycles. The summed E-state index contributed by atoms with van der Waals surface area (Å²) in [5.41, 5.74) is -2.00. The number of rotatable bonds is 7. The Morgan fingerprint density at radius 1 is 1.47 bits per heavy atom. The van der Waals surface area contributed by atoms with Crippen molar-refractivity contribution >= 4 is 23.4 Å². The highest BCUT2D eigenvalue weighted by Crippen LogP contribution is 2.13. The molecular formula is C8H15NO5S. The van der Waals surface area contributed by atoms with Crippen LogP contribution in [0.2, 0.25) is 0 Å². The van der Waals surface area contributed by atoms with Gasteiger partial charge in [0.25, 0.3) is 0 Å². The smallest absolute Gasteiger partial charge is 0.311 e. The highest BCUT2D eigenvalue weighted by Gasteiger charge is 2.13. The maximum Gasteiger partial charge on any atom is 0.311 e. The zero-order valence-corrected chi connectivity index (χ0v) is 9.16. The Kier molecular flexibility index (Phi) is 7.31. The Hall–Kier alpha value is -0.630. The van der Waals surface area contributed by atoms with Gasteiger partial charge in [-0.2, -0.15) is 0 Å². The number of hydrogen-bond donors (Lipinski definition) is 4. The van der Waals surface area contributed by atoms with Crippen molar-refractivity contribution < 1.29 is 24.9 Å². The Labute approximate surface area is 91.8 Å². The van der Waals surface area contributed by atoms with Gasteiger partial charge in [0.2, 0.25) is 0 Å². The van der Waals surface area contributed by atoms with Gasteiger partial charge < -0.3 is 25.5 Å². The van der Waals surface area contributed by atoms with Crippen LogP contribution in [0, 0.1) is 5.41 Å². The lowest BCUT2D eigenvalue weighted by Gasteiger charge is -2.13. The average Bonchev–Trinajstić information content (AvgIpc) is 2.13. The van der Waals surface area contributed by atoms with E-state index in [0.29, 0.717) is 11.8 Å². The number of carbonyl (C=O) groups excluding carboxylic acids is 1. The molecule has 0 aromatic rings. The SMILES string of the molecule is CC(=N)CC(=O)OCC(O)SC(O)CO. The van der Waals surface area contributed by atoms with E-state index >= 15 is 0 Å². The van der Waals surface area contributed by atoms with Gasteiger partial charge in [0.15, 0.2) is 0 Å². The highest BCUT2D eigenvalue weighted by molar-refractivity contribution is 8.00. The van der Waals surface area contributed by atoms with Gasteiger partial charge in [0.1, 0.15) is 17.5 Å². The van der Waals surface area contributed by atoms with Crippen molar-refractivity contribution in [1.29, 1.82) is 5.41 Å². The van der Waals surface area contributed by atoms with Gasteiger partial charge in [-0.15, -0.1) is 0 Å². The molecule has 0 heterocycles. The van der Waals surface area contributed by atoms with Gasteiger partial charge in [-0.1, -0.05) is 11.8 Å². The molecule has 0 radical (unpaired) electrons. The zero-order chi connectivity index (χ0) is 11.8. The maximum absolute atomic E-state index is 10.9. The predicted octanol–water partition coefficient (Wildman–Crippen LogP) is -0.678. The Morgan fingerprint density at radius 3 is 2.53 bits per heavy atom. The van der Waals surface area contributed by atoms with E-state index in [4.69, 9.17) is 15.6 Å².